The summed E-state index contributed by atoms with van der Waals surface area (Å²) in [5, 5.41) is 4.14. The highest BCUT2D eigenvalue weighted by molar-refractivity contribution is 7.23. The number of thiazole rings is 1. The van der Waals surface area contributed by atoms with Crippen molar-refractivity contribution < 1.29 is 4.79 Å². The first-order chi connectivity index (χ1) is 8.61. The molecule has 1 N–H and O–H groups in total. The van der Waals surface area contributed by atoms with Gasteiger partial charge in [-0.1, -0.05) is 42.3 Å². The highest BCUT2D eigenvalue weighted by Crippen LogP contribution is 2.33. The Balaban J connectivity index is 2.23. The van der Waals surface area contributed by atoms with Gasteiger partial charge in [0.15, 0.2) is 5.13 Å². The Bertz CT molecular complexity index is 541. The zero-order valence-corrected chi connectivity index (χ0v) is 12.0. The molecule has 18 heavy (non-hydrogen) atoms. The van der Waals surface area contributed by atoms with Gasteiger partial charge >= 0.3 is 0 Å². The van der Waals surface area contributed by atoms with Crippen LogP contribution in [0.2, 0.25) is 5.02 Å². The molecule has 3 nitrogen and oxygen atoms in total. The Labute approximate surface area is 115 Å². The van der Waals surface area contributed by atoms with Gasteiger partial charge in [0, 0.05) is 6.42 Å². The lowest BCUT2D eigenvalue weighted by Crippen LogP contribution is -2.10. The predicted octanol–water partition coefficient (Wildman–Crippen LogP) is 4.39. The molecule has 0 spiro atoms. The topological polar surface area (TPSA) is 42.0 Å². The maximum absolute atomic E-state index is 11.6. The maximum atomic E-state index is 11.6. The van der Waals surface area contributed by atoms with Crippen molar-refractivity contribution >= 4 is 44.2 Å². The number of unbranched alkanes of at least 4 members (excludes halogenated alkanes) is 1. The van der Waals surface area contributed by atoms with Crippen LogP contribution in [0, 0.1) is 6.92 Å². The third kappa shape index (κ3) is 2.82. The fraction of sp³-hybridized carbons (Fsp3) is 0.385. The third-order valence-corrected chi connectivity index (χ3v) is 4.13. The third-order valence-electron chi connectivity index (χ3n) is 2.70. The Morgan fingerprint density at radius 1 is 1.50 bits per heavy atom. The molecule has 0 aliphatic heterocycles. The molecule has 0 bridgehead atoms. The fourth-order valence-corrected chi connectivity index (χ4v) is 2.91. The molecule has 1 aromatic carbocycles. The van der Waals surface area contributed by atoms with Crippen LogP contribution in [-0.2, 0) is 4.79 Å². The molecular formula is C13H15ClN2OS. The Morgan fingerprint density at radius 3 is 2.94 bits per heavy atom. The molecule has 0 unspecified atom stereocenters. The highest BCUT2D eigenvalue weighted by Gasteiger charge is 2.11. The van der Waals surface area contributed by atoms with Crippen molar-refractivity contribution in [3.8, 4) is 0 Å². The van der Waals surface area contributed by atoms with Gasteiger partial charge < -0.3 is 5.32 Å². The van der Waals surface area contributed by atoms with E-state index in [9.17, 15) is 4.79 Å². The number of hydrogen-bond acceptors (Lipinski definition) is 3. The zero-order chi connectivity index (χ0) is 13.1. The van der Waals surface area contributed by atoms with Crippen LogP contribution in [0.15, 0.2) is 12.1 Å². The summed E-state index contributed by atoms with van der Waals surface area (Å²) in [5.74, 6) is 0.0182. The SMILES string of the molecule is CCCCC(=O)Nc1nc2c(C)ccc(Cl)c2s1. The molecule has 2 aromatic rings. The summed E-state index contributed by atoms with van der Waals surface area (Å²) in [6, 6.07) is 3.80. The Kier molecular flexibility index (Phi) is 4.19. The van der Waals surface area contributed by atoms with Gasteiger partial charge in [0.2, 0.25) is 5.91 Å². The van der Waals surface area contributed by atoms with Gasteiger partial charge in [-0.15, -0.1) is 0 Å². The number of amides is 1. The lowest BCUT2D eigenvalue weighted by Gasteiger charge is -1.99. The van der Waals surface area contributed by atoms with Gasteiger partial charge in [-0.25, -0.2) is 4.98 Å². The molecule has 0 radical (unpaired) electrons. The number of rotatable bonds is 4. The van der Waals surface area contributed by atoms with Crippen molar-refractivity contribution in [3.63, 3.8) is 0 Å². The summed E-state index contributed by atoms with van der Waals surface area (Å²) >= 11 is 7.55. The average molecular weight is 283 g/mol. The predicted molar refractivity (Wildman–Crippen MR) is 77.5 cm³/mol. The summed E-state index contributed by atoms with van der Waals surface area (Å²) in [5.41, 5.74) is 1.94. The zero-order valence-electron chi connectivity index (χ0n) is 10.4. The summed E-state index contributed by atoms with van der Waals surface area (Å²) in [6.45, 7) is 4.05. The number of hydrogen-bond donors (Lipinski definition) is 1. The lowest BCUT2D eigenvalue weighted by atomic mass is 10.2. The van der Waals surface area contributed by atoms with E-state index in [1.54, 1.807) is 0 Å². The van der Waals surface area contributed by atoms with Crippen LogP contribution in [0.4, 0.5) is 5.13 Å². The van der Waals surface area contributed by atoms with Gasteiger partial charge in [-0.3, -0.25) is 4.79 Å². The number of aromatic nitrogens is 1. The Morgan fingerprint density at radius 2 is 2.28 bits per heavy atom. The van der Waals surface area contributed by atoms with Crippen LogP contribution in [0.5, 0.6) is 0 Å². The average Bonchev–Trinajstić information content (AvgIpc) is 2.76. The number of aryl methyl sites for hydroxylation is 1. The number of anilines is 1. The monoisotopic (exact) mass is 282 g/mol. The highest BCUT2D eigenvalue weighted by atomic mass is 35.5. The van der Waals surface area contributed by atoms with E-state index in [-0.39, 0.29) is 5.91 Å². The number of nitrogens with zero attached hydrogens (tertiary/aromatic N) is 1. The van der Waals surface area contributed by atoms with Crippen molar-refractivity contribution in [2.45, 2.75) is 33.1 Å². The molecule has 0 fully saturated rings. The largest absolute Gasteiger partial charge is 0.302 e. The summed E-state index contributed by atoms with van der Waals surface area (Å²) < 4.78 is 0.933. The molecule has 0 aliphatic rings. The molecule has 96 valence electrons. The normalized spacial score (nSPS) is 10.8. The van der Waals surface area contributed by atoms with Crippen LogP contribution in [0.3, 0.4) is 0 Å². The first-order valence-corrected chi connectivity index (χ1v) is 7.16. The molecule has 2 rings (SSSR count). The minimum absolute atomic E-state index is 0.0182. The van der Waals surface area contributed by atoms with Gasteiger partial charge in [0.25, 0.3) is 0 Å². The molecule has 5 heteroatoms. The Hall–Kier alpha value is -1.13. The second kappa shape index (κ2) is 5.67. The molecule has 1 amide bonds. The van der Waals surface area contributed by atoms with Gasteiger partial charge in [0.05, 0.1) is 15.2 Å². The lowest BCUT2D eigenvalue weighted by molar-refractivity contribution is -0.116. The van der Waals surface area contributed by atoms with Crippen molar-refractivity contribution in [1.82, 2.24) is 4.98 Å². The molecule has 0 saturated heterocycles. The number of carbonyl (C=O) groups excluding carboxylic acids is 1. The van der Waals surface area contributed by atoms with Crippen molar-refractivity contribution in [3.05, 3.63) is 22.7 Å². The van der Waals surface area contributed by atoms with Crippen LogP contribution in [0.1, 0.15) is 31.7 Å². The minimum Gasteiger partial charge on any atom is -0.302 e. The number of nitrogens with one attached hydrogen (secondary N) is 1. The molecule has 0 saturated carbocycles. The quantitative estimate of drug-likeness (QED) is 0.904. The van der Waals surface area contributed by atoms with E-state index < -0.39 is 0 Å². The van der Waals surface area contributed by atoms with E-state index in [4.69, 9.17) is 11.6 Å². The number of halogens is 1. The van der Waals surface area contributed by atoms with Crippen LogP contribution in [0.25, 0.3) is 10.2 Å². The first-order valence-electron chi connectivity index (χ1n) is 5.97. The molecule has 1 aromatic heterocycles. The van der Waals surface area contributed by atoms with Crippen LogP contribution < -0.4 is 5.32 Å². The summed E-state index contributed by atoms with van der Waals surface area (Å²) in [6.07, 6.45) is 2.45. The maximum Gasteiger partial charge on any atom is 0.226 e. The second-order valence-electron chi connectivity index (χ2n) is 4.21. The molecule has 1 heterocycles. The van der Waals surface area contributed by atoms with E-state index in [1.165, 1.54) is 11.3 Å². The number of fused-ring (bicyclic) bond motifs is 1. The summed E-state index contributed by atoms with van der Waals surface area (Å²) in [4.78, 5) is 16.1. The van der Waals surface area contributed by atoms with Crippen LogP contribution >= 0.6 is 22.9 Å². The number of carbonyl (C=O) groups is 1. The van der Waals surface area contributed by atoms with E-state index >= 15 is 0 Å². The van der Waals surface area contributed by atoms with Crippen molar-refractivity contribution in [2.75, 3.05) is 5.32 Å². The fourth-order valence-electron chi connectivity index (χ4n) is 1.67. The van der Waals surface area contributed by atoms with E-state index in [0.717, 1.165) is 28.6 Å². The van der Waals surface area contributed by atoms with Gasteiger partial charge in [-0.2, -0.15) is 0 Å². The summed E-state index contributed by atoms with van der Waals surface area (Å²) in [7, 11) is 0. The van der Waals surface area contributed by atoms with E-state index in [2.05, 4.69) is 17.2 Å². The standard InChI is InChI=1S/C13H15ClN2OS/c1-3-4-5-10(17)15-13-16-11-8(2)6-7-9(14)12(11)18-13/h6-7H,3-5H2,1-2H3,(H,15,16,17). The van der Waals surface area contributed by atoms with Crippen molar-refractivity contribution in [1.29, 1.82) is 0 Å². The van der Waals surface area contributed by atoms with Gasteiger partial charge in [0.1, 0.15) is 0 Å². The van der Waals surface area contributed by atoms with Gasteiger partial charge in [-0.05, 0) is 25.0 Å². The minimum atomic E-state index is 0.0182. The molecule has 0 aliphatic carbocycles. The molecule has 0 atom stereocenters. The van der Waals surface area contributed by atoms with Crippen LogP contribution in [-0.4, -0.2) is 10.9 Å². The number of benzene rings is 1. The second-order valence-corrected chi connectivity index (χ2v) is 5.62. The van der Waals surface area contributed by atoms with E-state index in [1.807, 2.05) is 19.1 Å². The van der Waals surface area contributed by atoms with E-state index in [0.29, 0.717) is 16.6 Å². The molecular weight excluding hydrogens is 268 g/mol. The van der Waals surface area contributed by atoms with Crippen molar-refractivity contribution in [2.24, 2.45) is 0 Å². The first kappa shape index (κ1) is 13.3. The smallest absolute Gasteiger partial charge is 0.226 e.